The molecule has 4 aromatic rings. The number of hydrogen-bond acceptors (Lipinski definition) is 3. The molecule has 4 heteroatoms. The predicted molar refractivity (Wildman–Crippen MR) is 109 cm³/mol. The lowest BCUT2D eigenvalue weighted by atomic mass is 10.0. The average Bonchev–Trinajstić information content (AvgIpc) is 2.67. The fourth-order valence-electron chi connectivity index (χ4n) is 3.03. The molecule has 0 spiro atoms. The molecule has 2 aromatic heterocycles. The maximum atomic E-state index is 13.0. The Morgan fingerprint density at radius 2 is 1.63 bits per heavy atom. The molecule has 0 saturated heterocycles. The number of fused-ring (bicyclic) bond motifs is 1. The molecule has 4 nitrogen and oxygen atoms in total. The van der Waals surface area contributed by atoms with Crippen molar-refractivity contribution in [2.45, 2.75) is 13.8 Å². The second kappa shape index (κ2) is 7.00. The highest BCUT2D eigenvalue weighted by Crippen LogP contribution is 2.25. The largest absolute Gasteiger partial charge is 0.307 e. The summed E-state index contributed by atoms with van der Waals surface area (Å²) in [4.78, 5) is 22.1. The topological polar surface area (TPSA) is 54.9 Å². The minimum atomic E-state index is -0.194. The molecule has 0 unspecified atom stereocenters. The van der Waals surface area contributed by atoms with E-state index < -0.39 is 0 Å². The number of aryl methyl sites for hydroxylation is 2. The molecule has 2 aromatic carbocycles. The summed E-state index contributed by atoms with van der Waals surface area (Å²) in [6, 6.07) is 23.2. The van der Waals surface area contributed by atoms with E-state index in [1.165, 1.54) is 5.56 Å². The number of carbonyl (C=O) groups is 1. The first kappa shape index (κ1) is 16.9. The van der Waals surface area contributed by atoms with Crippen molar-refractivity contribution in [1.82, 2.24) is 9.97 Å². The Labute approximate surface area is 157 Å². The Morgan fingerprint density at radius 1 is 0.852 bits per heavy atom. The van der Waals surface area contributed by atoms with Crippen molar-refractivity contribution in [2.24, 2.45) is 0 Å². The highest BCUT2D eigenvalue weighted by molar-refractivity contribution is 6.12. The molecule has 132 valence electrons. The van der Waals surface area contributed by atoms with Crippen LogP contribution in [-0.2, 0) is 0 Å². The highest BCUT2D eigenvalue weighted by atomic mass is 16.1. The van der Waals surface area contributed by atoms with E-state index in [9.17, 15) is 4.79 Å². The van der Waals surface area contributed by atoms with Crippen LogP contribution in [0.4, 0.5) is 5.82 Å². The van der Waals surface area contributed by atoms with Crippen molar-refractivity contribution in [2.75, 3.05) is 5.32 Å². The summed E-state index contributed by atoms with van der Waals surface area (Å²) in [5.74, 6) is 0.345. The number of hydrogen-bond donors (Lipinski definition) is 1. The zero-order valence-electron chi connectivity index (χ0n) is 15.2. The van der Waals surface area contributed by atoms with E-state index >= 15 is 0 Å². The Bertz CT molecular complexity index is 1130. The molecule has 4 rings (SSSR count). The Hall–Kier alpha value is -3.53. The van der Waals surface area contributed by atoms with Gasteiger partial charge in [-0.3, -0.25) is 4.79 Å². The third-order valence-corrected chi connectivity index (χ3v) is 4.44. The van der Waals surface area contributed by atoms with Crippen molar-refractivity contribution >= 4 is 22.6 Å². The van der Waals surface area contributed by atoms with E-state index in [-0.39, 0.29) is 5.91 Å². The maximum Gasteiger partial charge on any atom is 0.257 e. The fourth-order valence-corrected chi connectivity index (χ4v) is 3.03. The molecule has 1 N–H and O–H groups in total. The zero-order chi connectivity index (χ0) is 18.8. The summed E-state index contributed by atoms with van der Waals surface area (Å²) in [6.45, 7) is 3.94. The van der Waals surface area contributed by atoms with Crippen LogP contribution in [0.1, 0.15) is 21.6 Å². The van der Waals surface area contributed by atoms with Crippen LogP contribution in [0.2, 0.25) is 0 Å². The highest BCUT2D eigenvalue weighted by Gasteiger charge is 2.14. The van der Waals surface area contributed by atoms with Crippen LogP contribution in [0.15, 0.2) is 72.8 Å². The number of carbonyl (C=O) groups excluding carboxylic acids is 1. The summed E-state index contributed by atoms with van der Waals surface area (Å²) in [6.07, 6.45) is 0. The van der Waals surface area contributed by atoms with E-state index in [0.29, 0.717) is 11.4 Å². The summed E-state index contributed by atoms with van der Waals surface area (Å²) in [7, 11) is 0. The molecule has 0 aliphatic rings. The van der Waals surface area contributed by atoms with Gasteiger partial charge in [-0.2, -0.15) is 0 Å². The lowest BCUT2D eigenvalue weighted by Crippen LogP contribution is -2.14. The molecule has 27 heavy (non-hydrogen) atoms. The first-order valence-corrected chi connectivity index (χ1v) is 8.82. The normalized spacial score (nSPS) is 10.7. The first-order chi connectivity index (χ1) is 13.1. The molecular formula is C23H19N3O. The van der Waals surface area contributed by atoms with E-state index in [1.807, 2.05) is 80.6 Å². The van der Waals surface area contributed by atoms with Crippen LogP contribution in [0.3, 0.4) is 0 Å². The lowest BCUT2D eigenvalue weighted by Gasteiger charge is -2.11. The smallest absolute Gasteiger partial charge is 0.257 e. The second-order valence-corrected chi connectivity index (χ2v) is 6.56. The molecular weight excluding hydrogens is 334 g/mol. The molecule has 0 aliphatic heterocycles. The van der Waals surface area contributed by atoms with Crippen molar-refractivity contribution in [3.63, 3.8) is 0 Å². The van der Waals surface area contributed by atoms with Crippen LogP contribution in [0, 0.1) is 13.8 Å². The minimum absolute atomic E-state index is 0.194. The molecule has 1 amide bonds. The third kappa shape index (κ3) is 3.55. The SMILES string of the molecule is Cc1ccc(-c2cc(C(=O)Nc3cccc(C)n3)c3ccccc3n2)cc1. The minimum Gasteiger partial charge on any atom is -0.307 e. The Kier molecular flexibility index (Phi) is 4.38. The monoisotopic (exact) mass is 353 g/mol. The third-order valence-electron chi connectivity index (χ3n) is 4.44. The van der Waals surface area contributed by atoms with Gasteiger partial charge >= 0.3 is 0 Å². The van der Waals surface area contributed by atoms with E-state index in [4.69, 9.17) is 4.98 Å². The van der Waals surface area contributed by atoms with Crippen molar-refractivity contribution in [3.05, 3.63) is 89.6 Å². The van der Waals surface area contributed by atoms with E-state index in [1.54, 1.807) is 6.07 Å². The first-order valence-electron chi connectivity index (χ1n) is 8.82. The van der Waals surface area contributed by atoms with Crippen LogP contribution in [0.25, 0.3) is 22.2 Å². The Balaban J connectivity index is 1.80. The fraction of sp³-hybridized carbons (Fsp3) is 0.0870. The number of benzene rings is 2. The molecule has 0 aliphatic carbocycles. The Morgan fingerprint density at radius 3 is 2.41 bits per heavy atom. The predicted octanol–water partition coefficient (Wildman–Crippen LogP) is 5.17. The number of nitrogens with one attached hydrogen (secondary N) is 1. The number of anilines is 1. The van der Waals surface area contributed by atoms with E-state index in [2.05, 4.69) is 10.3 Å². The number of amides is 1. The number of para-hydroxylation sites is 1. The molecule has 0 radical (unpaired) electrons. The molecule has 0 saturated carbocycles. The summed E-state index contributed by atoms with van der Waals surface area (Å²) in [5, 5.41) is 3.72. The molecule has 0 bridgehead atoms. The molecule has 2 heterocycles. The van der Waals surface area contributed by atoms with Gasteiger partial charge in [0.25, 0.3) is 5.91 Å². The number of rotatable bonds is 3. The van der Waals surface area contributed by atoms with Crippen molar-refractivity contribution in [1.29, 1.82) is 0 Å². The van der Waals surface area contributed by atoms with Gasteiger partial charge in [-0.1, -0.05) is 54.1 Å². The van der Waals surface area contributed by atoms with Crippen LogP contribution in [0.5, 0.6) is 0 Å². The van der Waals surface area contributed by atoms with Crippen molar-refractivity contribution < 1.29 is 4.79 Å². The van der Waals surface area contributed by atoms with Crippen LogP contribution < -0.4 is 5.32 Å². The van der Waals surface area contributed by atoms with Gasteiger partial charge in [0.15, 0.2) is 0 Å². The summed E-state index contributed by atoms with van der Waals surface area (Å²) >= 11 is 0. The van der Waals surface area contributed by atoms with Crippen molar-refractivity contribution in [3.8, 4) is 11.3 Å². The summed E-state index contributed by atoms with van der Waals surface area (Å²) in [5.41, 5.74) is 5.17. The van der Waals surface area contributed by atoms with Gasteiger partial charge in [0.05, 0.1) is 16.8 Å². The van der Waals surface area contributed by atoms with Gasteiger partial charge in [-0.05, 0) is 38.1 Å². The van der Waals surface area contributed by atoms with Gasteiger partial charge in [0.2, 0.25) is 0 Å². The van der Waals surface area contributed by atoms with E-state index in [0.717, 1.165) is 27.9 Å². The maximum absolute atomic E-state index is 13.0. The van der Waals surface area contributed by atoms with Gasteiger partial charge < -0.3 is 5.32 Å². The number of pyridine rings is 2. The standard InChI is InChI=1S/C23H19N3O/c1-15-10-12-17(13-11-15)21-14-19(18-7-3-4-8-20(18)25-21)23(27)26-22-9-5-6-16(2)24-22/h3-14H,1-2H3,(H,24,26,27). The summed E-state index contributed by atoms with van der Waals surface area (Å²) < 4.78 is 0. The van der Waals surface area contributed by atoms with Gasteiger partial charge in [0, 0.05) is 16.6 Å². The molecule has 0 fully saturated rings. The lowest BCUT2D eigenvalue weighted by molar-refractivity contribution is 0.102. The average molecular weight is 353 g/mol. The number of nitrogens with zero attached hydrogens (tertiary/aromatic N) is 2. The van der Waals surface area contributed by atoms with Gasteiger partial charge in [-0.25, -0.2) is 9.97 Å². The van der Waals surface area contributed by atoms with Crippen LogP contribution >= 0.6 is 0 Å². The van der Waals surface area contributed by atoms with Crippen LogP contribution in [-0.4, -0.2) is 15.9 Å². The quantitative estimate of drug-likeness (QED) is 0.553. The zero-order valence-corrected chi connectivity index (χ0v) is 15.2. The van der Waals surface area contributed by atoms with Gasteiger partial charge in [0.1, 0.15) is 5.82 Å². The number of aromatic nitrogens is 2. The molecule has 0 atom stereocenters. The van der Waals surface area contributed by atoms with Gasteiger partial charge in [-0.15, -0.1) is 0 Å². The second-order valence-electron chi connectivity index (χ2n) is 6.56.